The average Bonchev–Trinajstić information content (AvgIpc) is 3.47. The van der Waals surface area contributed by atoms with E-state index in [1.807, 2.05) is 6.92 Å². The Labute approximate surface area is 209 Å². The maximum Gasteiger partial charge on any atom is 0.436 e. The molecule has 8 nitrogen and oxygen atoms in total. The van der Waals surface area contributed by atoms with Crippen LogP contribution in [0, 0.1) is 6.92 Å². The number of alkyl halides is 3. The third kappa shape index (κ3) is 5.48. The number of halogens is 4. The van der Waals surface area contributed by atoms with Gasteiger partial charge >= 0.3 is 12.1 Å². The van der Waals surface area contributed by atoms with Crippen molar-refractivity contribution in [2.75, 3.05) is 26.0 Å². The van der Waals surface area contributed by atoms with Gasteiger partial charge in [0.15, 0.2) is 5.69 Å². The van der Waals surface area contributed by atoms with E-state index in [0.717, 1.165) is 16.0 Å². The molecule has 0 radical (unpaired) electrons. The van der Waals surface area contributed by atoms with Crippen molar-refractivity contribution in [3.05, 3.63) is 32.4 Å². The van der Waals surface area contributed by atoms with Crippen molar-refractivity contribution in [1.82, 2.24) is 14.7 Å². The minimum atomic E-state index is -4.77. The Bertz CT molecular complexity index is 1150. The summed E-state index contributed by atoms with van der Waals surface area (Å²) in [6.45, 7) is 4.93. The second-order valence-electron chi connectivity index (χ2n) is 8.53. The van der Waals surface area contributed by atoms with E-state index in [2.05, 4.69) is 10.4 Å². The number of esters is 1. The molecule has 0 saturated heterocycles. The number of thiophene rings is 1. The zero-order valence-corrected chi connectivity index (χ0v) is 21.5. The highest BCUT2D eigenvalue weighted by molar-refractivity contribution is 7.18. The van der Waals surface area contributed by atoms with E-state index < -0.39 is 34.8 Å². The molecule has 1 saturated carbocycles. The zero-order chi connectivity index (χ0) is 26.2. The van der Waals surface area contributed by atoms with Crippen LogP contribution in [0.15, 0.2) is 0 Å². The van der Waals surface area contributed by atoms with Gasteiger partial charge < -0.3 is 15.0 Å². The molecule has 0 aliphatic heterocycles. The number of nitrogens with zero attached hydrogens (tertiary/aromatic N) is 3. The Kier molecular flexibility index (Phi) is 7.85. The van der Waals surface area contributed by atoms with Gasteiger partial charge in [0.05, 0.1) is 27.8 Å². The molecule has 1 aliphatic carbocycles. The predicted molar refractivity (Wildman–Crippen MR) is 125 cm³/mol. The van der Waals surface area contributed by atoms with Gasteiger partial charge in [0, 0.05) is 20.0 Å². The summed E-state index contributed by atoms with van der Waals surface area (Å²) in [5.74, 6) is -2.00. The summed E-state index contributed by atoms with van der Waals surface area (Å²) in [6, 6.07) is -1.17. The van der Waals surface area contributed by atoms with Gasteiger partial charge in [0.25, 0.3) is 5.91 Å². The maximum atomic E-state index is 13.4. The van der Waals surface area contributed by atoms with Crippen LogP contribution in [-0.2, 0) is 15.7 Å². The molecule has 1 aliphatic rings. The second-order valence-corrected chi connectivity index (χ2v) is 9.92. The summed E-state index contributed by atoms with van der Waals surface area (Å²) in [5.41, 5.74) is -0.700. The number of ether oxygens (including phenoxy) is 1. The second kappa shape index (κ2) is 10.2. The summed E-state index contributed by atoms with van der Waals surface area (Å²) < 4.78 is 46.5. The van der Waals surface area contributed by atoms with Gasteiger partial charge in [0.2, 0.25) is 5.91 Å². The minimum Gasteiger partial charge on any atom is -0.462 e. The number of amides is 2. The van der Waals surface area contributed by atoms with E-state index in [4.69, 9.17) is 16.3 Å². The monoisotopic (exact) mass is 534 g/mol. The molecule has 0 spiro atoms. The smallest absolute Gasteiger partial charge is 0.436 e. The van der Waals surface area contributed by atoms with E-state index >= 15 is 0 Å². The molecule has 0 bridgehead atoms. The summed E-state index contributed by atoms with van der Waals surface area (Å²) >= 11 is 6.93. The van der Waals surface area contributed by atoms with Gasteiger partial charge in [-0.25, -0.2) is 4.79 Å². The molecule has 2 aromatic rings. The molecule has 3 rings (SSSR count). The molecule has 1 unspecified atom stereocenters. The number of carbonyl (C=O) groups excluding carboxylic acids is 3. The molecule has 2 aromatic heterocycles. The van der Waals surface area contributed by atoms with Crippen molar-refractivity contribution < 1.29 is 32.3 Å². The fourth-order valence-corrected chi connectivity index (χ4v) is 5.08. The van der Waals surface area contributed by atoms with Crippen LogP contribution >= 0.6 is 22.9 Å². The highest BCUT2D eigenvalue weighted by Gasteiger charge is 2.43. The van der Waals surface area contributed by atoms with Gasteiger partial charge in [-0.2, -0.15) is 18.3 Å². The van der Waals surface area contributed by atoms with E-state index in [1.165, 1.54) is 11.8 Å². The van der Waals surface area contributed by atoms with Crippen LogP contribution in [0.25, 0.3) is 0 Å². The SMILES string of the molecule is CCCOC(=O)c1c(NC(=O)C(C)n2nc(C(F)(F)F)c(Cl)c2C2CC2)sc(C(=O)N(C)C)c1C. The summed E-state index contributed by atoms with van der Waals surface area (Å²) in [5, 5.41) is 5.80. The first-order valence-electron chi connectivity index (χ1n) is 11.0. The summed E-state index contributed by atoms with van der Waals surface area (Å²) in [6.07, 6.45) is -2.91. The largest absolute Gasteiger partial charge is 0.462 e. The highest BCUT2D eigenvalue weighted by Crippen LogP contribution is 2.47. The Morgan fingerprint density at radius 3 is 2.46 bits per heavy atom. The molecule has 2 heterocycles. The van der Waals surface area contributed by atoms with Crippen LogP contribution in [0.4, 0.5) is 18.2 Å². The lowest BCUT2D eigenvalue weighted by atomic mass is 10.1. The molecule has 192 valence electrons. The molecular formula is C22H26ClF3N4O4S. The van der Waals surface area contributed by atoms with Crippen molar-refractivity contribution in [3.63, 3.8) is 0 Å². The number of hydrogen-bond acceptors (Lipinski definition) is 6. The molecule has 13 heteroatoms. The molecule has 35 heavy (non-hydrogen) atoms. The normalized spacial score (nSPS) is 14.5. The first kappa shape index (κ1) is 27.0. The van der Waals surface area contributed by atoms with Crippen LogP contribution in [-0.4, -0.2) is 53.2 Å². The topological polar surface area (TPSA) is 93.5 Å². The van der Waals surface area contributed by atoms with Gasteiger partial charge in [-0.1, -0.05) is 18.5 Å². The van der Waals surface area contributed by atoms with Crippen LogP contribution in [0.1, 0.15) is 82.1 Å². The lowest BCUT2D eigenvalue weighted by Gasteiger charge is -2.16. The Morgan fingerprint density at radius 2 is 1.94 bits per heavy atom. The number of carbonyl (C=O) groups is 3. The van der Waals surface area contributed by atoms with Crippen molar-refractivity contribution in [2.24, 2.45) is 0 Å². The van der Waals surface area contributed by atoms with Crippen molar-refractivity contribution >= 4 is 45.7 Å². The van der Waals surface area contributed by atoms with Crippen molar-refractivity contribution in [1.29, 1.82) is 0 Å². The zero-order valence-electron chi connectivity index (χ0n) is 19.9. The van der Waals surface area contributed by atoms with Gasteiger partial charge in [-0.15, -0.1) is 11.3 Å². The Balaban J connectivity index is 1.98. The number of aromatic nitrogens is 2. The first-order chi connectivity index (χ1) is 16.3. The third-order valence-electron chi connectivity index (χ3n) is 5.49. The summed E-state index contributed by atoms with van der Waals surface area (Å²) in [7, 11) is 3.10. The van der Waals surface area contributed by atoms with Crippen molar-refractivity contribution in [3.8, 4) is 0 Å². The minimum absolute atomic E-state index is 0.0334. The lowest BCUT2D eigenvalue weighted by molar-refractivity contribution is -0.141. The Hall–Kier alpha value is -2.60. The lowest BCUT2D eigenvalue weighted by Crippen LogP contribution is -2.26. The van der Waals surface area contributed by atoms with Crippen LogP contribution in [0.5, 0.6) is 0 Å². The standard InChI is InChI=1S/C22H26ClF3N4O4S/c1-6-9-34-21(33)13-10(2)16(20(32)29(4)5)35-19(13)27-18(31)11(3)30-15(12-7-8-12)14(23)17(28-30)22(24,25)26/h11-12H,6-9H2,1-5H3,(H,27,31). The van der Waals surface area contributed by atoms with E-state index in [-0.39, 0.29) is 39.6 Å². The number of nitrogens with one attached hydrogen (secondary N) is 1. The van der Waals surface area contributed by atoms with Crippen LogP contribution < -0.4 is 5.32 Å². The molecule has 1 fully saturated rings. The van der Waals surface area contributed by atoms with Gasteiger partial charge in [-0.05, 0) is 38.7 Å². The van der Waals surface area contributed by atoms with Crippen LogP contribution in [0.3, 0.4) is 0 Å². The number of rotatable bonds is 8. The number of anilines is 1. The molecule has 0 aromatic carbocycles. The maximum absolute atomic E-state index is 13.4. The molecule has 1 N–H and O–H groups in total. The van der Waals surface area contributed by atoms with E-state index in [0.29, 0.717) is 24.8 Å². The van der Waals surface area contributed by atoms with E-state index in [9.17, 15) is 27.6 Å². The highest BCUT2D eigenvalue weighted by atomic mass is 35.5. The van der Waals surface area contributed by atoms with Gasteiger partial charge in [0.1, 0.15) is 11.0 Å². The van der Waals surface area contributed by atoms with Crippen molar-refractivity contribution in [2.45, 2.75) is 58.2 Å². The fourth-order valence-electron chi connectivity index (χ4n) is 3.48. The molecule has 1 atom stereocenters. The number of hydrogen-bond donors (Lipinski definition) is 1. The predicted octanol–water partition coefficient (Wildman–Crippen LogP) is 5.27. The quantitative estimate of drug-likeness (QED) is 0.466. The third-order valence-corrected chi connectivity index (χ3v) is 7.06. The Morgan fingerprint density at radius 1 is 1.31 bits per heavy atom. The first-order valence-corrected chi connectivity index (χ1v) is 12.2. The molecular weight excluding hydrogens is 509 g/mol. The van der Waals surface area contributed by atoms with Crippen LogP contribution in [0.2, 0.25) is 5.02 Å². The fraction of sp³-hybridized carbons (Fsp3) is 0.545. The van der Waals surface area contributed by atoms with E-state index in [1.54, 1.807) is 21.0 Å². The van der Waals surface area contributed by atoms with Gasteiger partial charge in [-0.3, -0.25) is 14.3 Å². The summed E-state index contributed by atoms with van der Waals surface area (Å²) in [4.78, 5) is 40.1. The molecule has 2 amide bonds. The average molecular weight is 535 g/mol.